The van der Waals surface area contributed by atoms with Gasteiger partial charge in [-0.25, -0.2) is 4.98 Å². The first kappa shape index (κ1) is 14.2. The third kappa shape index (κ3) is 3.48. The Morgan fingerprint density at radius 3 is 2.82 bits per heavy atom. The first-order valence-corrected chi connectivity index (χ1v) is 7.50. The van der Waals surface area contributed by atoms with Gasteiger partial charge in [0.1, 0.15) is 11.5 Å². The maximum atomic E-state index is 12.1. The topological polar surface area (TPSA) is 64.1 Å². The molecule has 0 saturated heterocycles. The highest BCUT2D eigenvalue weighted by atomic mass is 32.1. The standard InChI is InChI=1S/C16H13N3O2S/c1-11-10-22-16(18-11)15(20)19-12-4-2-5-13(8-12)21-14-6-3-7-17-9-14/h2-10H,1H3,(H,19,20). The summed E-state index contributed by atoms with van der Waals surface area (Å²) < 4.78 is 5.68. The Bertz CT molecular complexity index is 787. The molecule has 6 heteroatoms. The molecule has 0 atom stereocenters. The van der Waals surface area contributed by atoms with Crippen LogP contribution in [0.4, 0.5) is 5.69 Å². The highest BCUT2D eigenvalue weighted by Crippen LogP contribution is 2.23. The number of pyridine rings is 1. The minimum atomic E-state index is -0.225. The van der Waals surface area contributed by atoms with Gasteiger partial charge in [0, 0.05) is 29.0 Å². The molecule has 0 aliphatic carbocycles. The van der Waals surface area contributed by atoms with Crippen molar-refractivity contribution in [2.75, 3.05) is 5.32 Å². The third-order valence-electron chi connectivity index (χ3n) is 2.78. The molecule has 0 saturated carbocycles. The van der Waals surface area contributed by atoms with Crippen LogP contribution in [0.1, 0.15) is 15.5 Å². The van der Waals surface area contributed by atoms with E-state index in [1.807, 2.05) is 30.5 Å². The Morgan fingerprint density at radius 2 is 2.09 bits per heavy atom. The van der Waals surface area contributed by atoms with Crippen molar-refractivity contribution in [3.63, 3.8) is 0 Å². The number of nitrogens with zero attached hydrogens (tertiary/aromatic N) is 2. The summed E-state index contributed by atoms with van der Waals surface area (Å²) in [5.41, 5.74) is 1.49. The molecule has 0 aliphatic heterocycles. The van der Waals surface area contributed by atoms with Crippen LogP contribution >= 0.6 is 11.3 Å². The van der Waals surface area contributed by atoms with Crippen LogP contribution in [0.25, 0.3) is 0 Å². The summed E-state index contributed by atoms with van der Waals surface area (Å²) in [5.74, 6) is 1.04. The summed E-state index contributed by atoms with van der Waals surface area (Å²) in [6.45, 7) is 1.86. The number of hydrogen-bond acceptors (Lipinski definition) is 5. The van der Waals surface area contributed by atoms with E-state index in [4.69, 9.17) is 4.74 Å². The van der Waals surface area contributed by atoms with Crippen LogP contribution in [-0.4, -0.2) is 15.9 Å². The Morgan fingerprint density at radius 1 is 1.23 bits per heavy atom. The molecule has 22 heavy (non-hydrogen) atoms. The molecule has 110 valence electrons. The van der Waals surface area contributed by atoms with Gasteiger partial charge in [0.15, 0.2) is 5.01 Å². The fourth-order valence-corrected chi connectivity index (χ4v) is 2.51. The lowest BCUT2D eigenvalue weighted by atomic mass is 10.3. The highest BCUT2D eigenvalue weighted by molar-refractivity contribution is 7.11. The predicted molar refractivity (Wildman–Crippen MR) is 85.6 cm³/mol. The molecule has 2 heterocycles. The van der Waals surface area contributed by atoms with Gasteiger partial charge in [-0.05, 0) is 31.2 Å². The van der Waals surface area contributed by atoms with Crippen molar-refractivity contribution in [3.05, 3.63) is 64.9 Å². The Labute approximate surface area is 131 Å². The van der Waals surface area contributed by atoms with Gasteiger partial charge in [-0.2, -0.15) is 0 Å². The fraction of sp³-hybridized carbons (Fsp3) is 0.0625. The van der Waals surface area contributed by atoms with E-state index in [1.54, 1.807) is 30.6 Å². The lowest BCUT2D eigenvalue weighted by molar-refractivity contribution is 0.102. The van der Waals surface area contributed by atoms with Gasteiger partial charge in [-0.15, -0.1) is 11.3 Å². The van der Waals surface area contributed by atoms with Gasteiger partial charge in [0.05, 0.1) is 6.20 Å². The van der Waals surface area contributed by atoms with Crippen LogP contribution in [0.3, 0.4) is 0 Å². The van der Waals surface area contributed by atoms with E-state index < -0.39 is 0 Å². The van der Waals surface area contributed by atoms with Crippen LogP contribution in [-0.2, 0) is 0 Å². The fourth-order valence-electron chi connectivity index (χ4n) is 1.82. The number of carbonyl (C=O) groups is 1. The van der Waals surface area contributed by atoms with Crippen molar-refractivity contribution < 1.29 is 9.53 Å². The first-order chi connectivity index (χ1) is 10.7. The van der Waals surface area contributed by atoms with E-state index in [0.29, 0.717) is 22.2 Å². The SMILES string of the molecule is Cc1csc(C(=O)Nc2cccc(Oc3cccnc3)c2)n1. The zero-order chi connectivity index (χ0) is 15.4. The summed E-state index contributed by atoms with van der Waals surface area (Å²) in [5, 5.41) is 5.10. The second-order valence-corrected chi connectivity index (χ2v) is 5.42. The van der Waals surface area contributed by atoms with Gasteiger partial charge in [-0.1, -0.05) is 6.07 Å². The molecule has 0 aliphatic rings. The van der Waals surface area contributed by atoms with E-state index in [2.05, 4.69) is 15.3 Å². The largest absolute Gasteiger partial charge is 0.456 e. The number of anilines is 1. The van der Waals surface area contributed by atoms with Crippen LogP contribution < -0.4 is 10.1 Å². The number of hydrogen-bond donors (Lipinski definition) is 1. The summed E-state index contributed by atoms with van der Waals surface area (Å²) in [6, 6.07) is 10.8. The lowest BCUT2D eigenvalue weighted by Crippen LogP contribution is -2.11. The Hall–Kier alpha value is -2.73. The van der Waals surface area contributed by atoms with Gasteiger partial charge < -0.3 is 10.1 Å². The summed E-state index contributed by atoms with van der Waals surface area (Å²) >= 11 is 1.32. The molecular formula is C16H13N3O2S. The van der Waals surface area contributed by atoms with E-state index in [1.165, 1.54) is 11.3 Å². The molecule has 1 amide bonds. The maximum absolute atomic E-state index is 12.1. The second kappa shape index (κ2) is 6.36. The van der Waals surface area contributed by atoms with E-state index in [0.717, 1.165) is 5.69 Å². The van der Waals surface area contributed by atoms with Crippen LogP contribution in [0.15, 0.2) is 54.2 Å². The molecule has 0 unspecified atom stereocenters. The van der Waals surface area contributed by atoms with Gasteiger partial charge in [0.2, 0.25) is 0 Å². The van der Waals surface area contributed by atoms with Gasteiger partial charge in [0.25, 0.3) is 5.91 Å². The molecule has 0 radical (unpaired) electrons. The number of aryl methyl sites for hydroxylation is 1. The quantitative estimate of drug-likeness (QED) is 0.794. The van der Waals surface area contributed by atoms with Crippen molar-refractivity contribution in [1.82, 2.24) is 9.97 Å². The van der Waals surface area contributed by atoms with Gasteiger partial charge in [-0.3, -0.25) is 9.78 Å². The van der Waals surface area contributed by atoms with E-state index in [9.17, 15) is 4.79 Å². The monoisotopic (exact) mass is 311 g/mol. The Balaban J connectivity index is 1.72. The average Bonchev–Trinajstić information content (AvgIpc) is 2.95. The number of aromatic nitrogens is 2. The third-order valence-corrected chi connectivity index (χ3v) is 3.73. The molecule has 0 spiro atoms. The number of benzene rings is 1. The number of ether oxygens (including phenoxy) is 1. The number of amides is 1. The lowest BCUT2D eigenvalue weighted by Gasteiger charge is -2.07. The van der Waals surface area contributed by atoms with Crippen LogP contribution in [0.5, 0.6) is 11.5 Å². The Kier molecular flexibility index (Phi) is 4.11. The molecule has 0 bridgehead atoms. The molecule has 1 N–H and O–H groups in total. The molecular weight excluding hydrogens is 298 g/mol. The smallest absolute Gasteiger partial charge is 0.284 e. The van der Waals surface area contributed by atoms with E-state index in [-0.39, 0.29) is 5.91 Å². The molecule has 5 nitrogen and oxygen atoms in total. The molecule has 0 fully saturated rings. The average molecular weight is 311 g/mol. The van der Waals surface area contributed by atoms with Crippen molar-refractivity contribution in [2.24, 2.45) is 0 Å². The number of thiazole rings is 1. The second-order valence-electron chi connectivity index (χ2n) is 4.57. The maximum Gasteiger partial charge on any atom is 0.284 e. The van der Waals surface area contributed by atoms with Crippen molar-refractivity contribution in [1.29, 1.82) is 0 Å². The molecule has 2 aromatic heterocycles. The van der Waals surface area contributed by atoms with Crippen molar-refractivity contribution >= 4 is 22.9 Å². The van der Waals surface area contributed by atoms with Crippen LogP contribution in [0.2, 0.25) is 0 Å². The number of rotatable bonds is 4. The molecule has 1 aromatic carbocycles. The number of carbonyl (C=O) groups excluding carboxylic acids is 1. The summed E-state index contributed by atoms with van der Waals surface area (Å²) in [4.78, 5) is 20.2. The molecule has 3 rings (SSSR count). The first-order valence-electron chi connectivity index (χ1n) is 6.62. The van der Waals surface area contributed by atoms with Crippen molar-refractivity contribution in [2.45, 2.75) is 6.92 Å². The van der Waals surface area contributed by atoms with Gasteiger partial charge >= 0.3 is 0 Å². The summed E-state index contributed by atoms with van der Waals surface area (Å²) in [7, 11) is 0. The van der Waals surface area contributed by atoms with Crippen LogP contribution in [0, 0.1) is 6.92 Å². The minimum absolute atomic E-state index is 0.225. The summed E-state index contributed by atoms with van der Waals surface area (Å²) in [6.07, 6.45) is 3.31. The number of nitrogens with one attached hydrogen (secondary N) is 1. The normalized spacial score (nSPS) is 10.2. The highest BCUT2D eigenvalue weighted by Gasteiger charge is 2.10. The van der Waals surface area contributed by atoms with E-state index >= 15 is 0 Å². The van der Waals surface area contributed by atoms with Crippen molar-refractivity contribution in [3.8, 4) is 11.5 Å². The molecule has 3 aromatic rings. The zero-order valence-electron chi connectivity index (χ0n) is 11.8. The zero-order valence-corrected chi connectivity index (χ0v) is 12.6. The predicted octanol–water partition coefficient (Wildman–Crippen LogP) is 3.89. The minimum Gasteiger partial charge on any atom is -0.456 e.